The third-order valence-electron chi connectivity index (χ3n) is 4.45. The Morgan fingerprint density at radius 1 is 1.15 bits per heavy atom. The van der Waals surface area contributed by atoms with Crippen LogP contribution in [0.3, 0.4) is 0 Å². The van der Waals surface area contributed by atoms with Gasteiger partial charge >= 0.3 is 0 Å². The zero-order valence-electron chi connectivity index (χ0n) is 11.8. The zero-order valence-corrected chi connectivity index (χ0v) is 11.8. The number of carbonyl (C=O) groups excluding carboxylic acids is 1. The topological polar surface area (TPSA) is 62.5 Å². The summed E-state index contributed by atoms with van der Waals surface area (Å²) in [6, 6.07) is 4.19. The van der Waals surface area contributed by atoms with Crippen LogP contribution in [0.25, 0.3) is 0 Å². The summed E-state index contributed by atoms with van der Waals surface area (Å²) < 4.78 is 0. The third-order valence-corrected chi connectivity index (χ3v) is 4.45. The average Bonchev–Trinajstić information content (AvgIpc) is 3.02. The fourth-order valence-electron chi connectivity index (χ4n) is 3.25. The van der Waals surface area contributed by atoms with Gasteiger partial charge in [-0.15, -0.1) is 0 Å². The number of piperazine rings is 1. The second-order valence-corrected chi connectivity index (χ2v) is 5.74. The van der Waals surface area contributed by atoms with Crippen LogP contribution in [0.15, 0.2) is 18.3 Å². The van der Waals surface area contributed by atoms with Crippen molar-refractivity contribution >= 4 is 11.6 Å². The fourth-order valence-corrected chi connectivity index (χ4v) is 3.25. The van der Waals surface area contributed by atoms with Crippen LogP contribution in [0.1, 0.15) is 36.2 Å². The first-order valence-corrected chi connectivity index (χ1v) is 7.49. The molecule has 20 heavy (non-hydrogen) atoms. The molecule has 1 saturated heterocycles. The molecule has 0 spiro atoms. The predicted molar refractivity (Wildman–Crippen MR) is 78.4 cm³/mol. The fraction of sp³-hybridized carbons (Fsp3) is 0.600. The predicted octanol–water partition coefficient (Wildman–Crippen LogP) is 1.36. The summed E-state index contributed by atoms with van der Waals surface area (Å²) in [7, 11) is 0. The lowest BCUT2D eigenvalue weighted by atomic mass is 10.1. The molecule has 0 aromatic carbocycles. The minimum absolute atomic E-state index is 0.0241. The first-order valence-electron chi connectivity index (χ1n) is 7.49. The van der Waals surface area contributed by atoms with Gasteiger partial charge in [0, 0.05) is 32.2 Å². The van der Waals surface area contributed by atoms with Gasteiger partial charge in [-0.2, -0.15) is 0 Å². The van der Waals surface area contributed by atoms with Crippen LogP contribution < -0.4 is 5.73 Å². The highest BCUT2D eigenvalue weighted by molar-refractivity contribution is 5.92. The molecule has 0 atom stereocenters. The molecule has 1 aliphatic heterocycles. The minimum Gasteiger partial charge on any atom is -0.397 e. The SMILES string of the molecule is Nc1ccc(C(=O)N2CCN(C3CCCC3)CC2)nc1. The van der Waals surface area contributed by atoms with E-state index in [-0.39, 0.29) is 5.91 Å². The normalized spacial score (nSPS) is 21.3. The van der Waals surface area contributed by atoms with E-state index in [4.69, 9.17) is 5.73 Å². The minimum atomic E-state index is 0.0241. The second kappa shape index (κ2) is 5.79. The van der Waals surface area contributed by atoms with Crippen molar-refractivity contribution in [3.8, 4) is 0 Å². The molecule has 1 aromatic rings. The smallest absolute Gasteiger partial charge is 0.272 e. The summed E-state index contributed by atoms with van der Waals surface area (Å²) in [5, 5.41) is 0. The molecule has 2 aliphatic rings. The summed E-state index contributed by atoms with van der Waals surface area (Å²) in [6.07, 6.45) is 6.92. The van der Waals surface area contributed by atoms with Gasteiger partial charge in [0.15, 0.2) is 0 Å². The monoisotopic (exact) mass is 274 g/mol. The van der Waals surface area contributed by atoms with Gasteiger partial charge in [0.1, 0.15) is 5.69 Å². The highest BCUT2D eigenvalue weighted by atomic mass is 16.2. The van der Waals surface area contributed by atoms with Gasteiger partial charge in [0.2, 0.25) is 0 Å². The van der Waals surface area contributed by atoms with Crippen molar-refractivity contribution in [2.45, 2.75) is 31.7 Å². The van der Waals surface area contributed by atoms with Crippen molar-refractivity contribution < 1.29 is 4.79 Å². The lowest BCUT2D eigenvalue weighted by Crippen LogP contribution is -2.51. The number of nitrogen functional groups attached to an aromatic ring is 1. The van der Waals surface area contributed by atoms with Crippen molar-refractivity contribution in [1.82, 2.24) is 14.8 Å². The molecule has 0 unspecified atom stereocenters. The number of nitrogens with zero attached hydrogens (tertiary/aromatic N) is 3. The molecule has 5 nitrogen and oxygen atoms in total. The molecular formula is C15H22N4O. The van der Waals surface area contributed by atoms with Crippen LogP contribution in [-0.2, 0) is 0 Å². The summed E-state index contributed by atoms with van der Waals surface area (Å²) in [6.45, 7) is 3.60. The maximum atomic E-state index is 12.3. The van der Waals surface area contributed by atoms with Gasteiger partial charge < -0.3 is 10.6 Å². The molecule has 1 amide bonds. The molecule has 1 aliphatic carbocycles. The quantitative estimate of drug-likeness (QED) is 0.884. The number of hydrogen-bond acceptors (Lipinski definition) is 4. The number of anilines is 1. The summed E-state index contributed by atoms with van der Waals surface area (Å²) in [5.74, 6) is 0.0241. The Morgan fingerprint density at radius 2 is 1.85 bits per heavy atom. The molecule has 0 bridgehead atoms. The van der Waals surface area contributed by atoms with Crippen LogP contribution in [0, 0.1) is 0 Å². The zero-order chi connectivity index (χ0) is 13.9. The van der Waals surface area contributed by atoms with Gasteiger partial charge in [-0.25, -0.2) is 4.98 Å². The van der Waals surface area contributed by atoms with Gasteiger partial charge in [-0.05, 0) is 25.0 Å². The Balaban J connectivity index is 1.57. The van der Waals surface area contributed by atoms with Gasteiger partial charge in [0.05, 0.1) is 11.9 Å². The Labute approximate surface area is 119 Å². The number of rotatable bonds is 2. The van der Waals surface area contributed by atoms with Crippen LogP contribution in [0.4, 0.5) is 5.69 Å². The third kappa shape index (κ3) is 2.77. The highest BCUT2D eigenvalue weighted by Gasteiger charge is 2.28. The molecular weight excluding hydrogens is 252 g/mol. The van der Waals surface area contributed by atoms with E-state index in [2.05, 4.69) is 9.88 Å². The number of pyridine rings is 1. The molecule has 2 fully saturated rings. The Bertz CT molecular complexity index is 459. The summed E-state index contributed by atoms with van der Waals surface area (Å²) in [4.78, 5) is 20.9. The van der Waals surface area contributed by atoms with E-state index >= 15 is 0 Å². The number of amides is 1. The van der Waals surface area contributed by atoms with Gasteiger partial charge in [-0.1, -0.05) is 12.8 Å². The molecule has 1 saturated carbocycles. The van der Waals surface area contributed by atoms with E-state index in [1.807, 2.05) is 4.90 Å². The lowest BCUT2D eigenvalue weighted by Gasteiger charge is -2.37. The van der Waals surface area contributed by atoms with Crippen LogP contribution in [-0.4, -0.2) is 52.9 Å². The van der Waals surface area contributed by atoms with Crippen molar-refractivity contribution in [2.75, 3.05) is 31.9 Å². The maximum Gasteiger partial charge on any atom is 0.272 e. The lowest BCUT2D eigenvalue weighted by molar-refractivity contribution is 0.0568. The first kappa shape index (κ1) is 13.4. The number of carbonyl (C=O) groups is 1. The molecule has 1 aromatic heterocycles. The van der Waals surface area contributed by atoms with E-state index < -0.39 is 0 Å². The standard InChI is InChI=1S/C15H22N4O/c16-12-5-6-14(17-11-12)15(20)19-9-7-18(8-10-19)13-3-1-2-4-13/h5-6,11,13H,1-4,7-10,16H2. The second-order valence-electron chi connectivity index (χ2n) is 5.74. The summed E-state index contributed by atoms with van der Waals surface area (Å²) >= 11 is 0. The molecule has 0 radical (unpaired) electrons. The van der Waals surface area contributed by atoms with Crippen LogP contribution >= 0.6 is 0 Å². The maximum absolute atomic E-state index is 12.3. The highest BCUT2D eigenvalue weighted by Crippen LogP contribution is 2.24. The molecule has 2 heterocycles. The van der Waals surface area contributed by atoms with Crippen molar-refractivity contribution in [1.29, 1.82) is 0 Å². The Kier molecular flexibility index (Phi) is 3.87. The molecule has 3 rings (SSSR count). The largest absolute Gasteiger partial charge is 0.397 e. The van der Waals surface area contributed by atoms with Gasteiger partial charge in [0.25, 0.3) is 5.91 Å². The van der Waals surface area contributed by atoms with E-state index in [1.165, 1.54) is 25.7 Å². The van der Waals surface area contributed by atoms with E-state index in [0.717, 1.165) is 32.2 Å². The molecule has 5 heteroatoms. The van der Waals surface area contributed by atoms with Crippen LogP contribution in [0.2, 0.25) is 0 Å². The van der Waals surface area contributed by atoms with Crippen LogP contribution in [0.5, 0.6) is 0 Å². The first-order chi connectivity index (χ1) is 9.74. The average molecular weight is 274 g/mol. The van der Waals surface area contributed by atoms with Gasteiger partial charge in [-0.3, -0.25) is 9.69 Å². The van der Waals surface area contributed by atoms with Crippen molar-refractivity contribution in [2.24, 2.45) is 0 Å². The summed E-state index contributed by atoms with van der Waals surface area (Å²) in [5.41, 5.74) is 6.68. The molecule has 108 valence electrons. The van der Waals surface area contributed by atoms with E-state index in [0.29, 0.717) is 11.4 Å². The van der Waals surface area contributed by atoms with Crippen molar-refractivity contribution in [3.63, 3.8) is 0 Å². The van der Waals surface area contributed by atoms with E-state index in [1.54, 1.807) is 18.3 Å². The Hall–Kier alpha value is -1.62. The van der Waals surface area contributed by atoms with Crippen molar-refractivity contribution in [3.05, 3.63) is 24.0 Å². The number of nitrogens with two attached hydrogens (primary N) is 1. The number of aromatic nitrogens is 1. The molecule has 2 N–H and O–H groups in total. The Morgan fingerprint density at radius 3 is 2.45 bits per heavy atom. The number of hydrogen-bond donors (Lipinski definition) is 1. The van der Waals surface area contributed by atoms with E-state index in [9.17, 15) is 4.79 Å².